The zero-order chi connectivity index (χ0) is 17.4. The van der Waals surface area contributed by atoms with E-state index in [9.17, 15) is 8.42 Å². The molecule has 0 amide bonds. The maximum absolute atomic E-state index is 12.2. The predicted molar refractivity (Wildman–Crippen MR) is 94.1 cm³/mol. The van der Waals surface area contributed by atoms with Crippen LogP contribution in [0.2, 0.25) is 0 Å². The van der Waals surface area contributed by atoms with E-state index in [2.05, 4.69) is 4.72 Å². The largest absolute Gasteiger partial charge is 0.497 e. The molecule has 0 atom stereocenters. The van der Waals surface area contributed by atoms with Crippen LogP contribution in [0.4, 0.5) is 0 Å². The van der Waals surface area contributed by atoms with Crippen LogP contribution in [-0.2, 0) is 16.4 Å². The maximum atomic E-state index is 12.2. The van der Waals surface area contributed by atoms with Gasteiger partial charge in [-0.05, 0) is 55.2 Å². The second-order valence-electron chi connectivity index (χ2n) is 5.34. The smallest absolute Gasteiger partial charge is 0.240 e. The van der Waals surface area contributed by atoms with Crippen LogP contribution in [0.3, 0.4) is 0 Å². The molecule has 0 saturated heterocycles. The van der Waals surface area contributed by atoms with Gasteiger partial charge >= 0.3 is 0 Å². The average Bonchev–Trinajstić information content (AvgIpc) is 2.61. The summed E-state index contributed by atoms with van der Waals surface area (Å²) in [6.45, 7) is 0.406. The van der Waals surface area contributed by atoms with Crippen LogP contribution in [0.1, 0.15) is 18.4 Å². The number of methoxy groups -OCH3 is 2. The van der Waals surface area contributed by atoms with Crippen LogP contribution in [0.5, 0.6) is 11.5 Å². The van der Waals surface area contributed by atoms with E-state index in [0.717, 1.165) is 30.6 Å². The molecule has 0 unspecified atom stereocenters. The number of benzene rings is 2. The van der Waals surface area contributed by atoms with E-state index in [1.165, 1.54) is 12.1 Å². The second kappa shape index (κ2) is 8.70. The van der Waals surface area contributed by atoms with Gasteiger partial charge in [0.15, 0.2) is 0 Å². The molecule has 0 aromatic heterocycles. The van der Waals surface area contributed by atoms with Crippen molar-refractivity contribution in [1.82, 2.24) is 4.72 Å². The highest BCUT2D eigenvalue weighted by molar-refractivity contribution is 7.89. The van der Waals surface area contributed by atoms with Gasteiger partial charge in [-0.25, -0.2) is 13.1 Å². The Bertz CT molecular complexity index is 742. The van der Waals surface area contributed by atoms with Gasteiger partial charge in [0.1, 0.15) is 11.5 Å². The standard InChI is InChI=1S/C18H23NO4S/c1-22-16-10-12-17(13-11-16)24(20,21)19-14-6-5-8-15-7-3-4-9-18(15)23-2/h3-4,7,9-13,19H,5-6,8,14H2,1-2H3. The molecular weight excluding hydrogens is 326 g/mol. The monoisotopic (exact) mass is 349 g/mol. The SMILES string of the molecule is COc1ccc(S(=O)(=O)NCCCCc2ccccc2OC)cc1. The predicted octanol–water partition coefficient (Wildman–Crippen LogP) is 3.01. The molecule has 0 aliphatic heterocycles. The second-order valence-corrected chi connectivity index (χ2v) is 7.11. The molecule has 5 nitrogen and oxygen atoms in total. The zero-order valence-corrected chi connectivity index (χ0v) is 14.8. The highest BCUT2D eigenvalue weighted by Crippen LogP contribution is 2.19. The highest BCUT2D eigenvalue weighted by Gasteiger charge is 2.13. The summed E-state index contributed by atoms with van der Waals surface area (Å²) in [4.78, 5) is 0.244. The Kier molecular flexibility index (Phi) is 6.63. The van der Waals surface area contributed by atoms with Gasteiger partial charge < -0.3 is 9.47 Å². The Balaban J connectivity index is 1.80. The van der Waals surface area contributed by atoms with Crippen molar-refractivity contribution in [2.75, 3.05) is 20.8 Å². The lowest BCUT2D eigenvalue weighted by Crippen LogP contribution is -2.24. The zero-order valence-electron chi connectivity index (χ0n) is 14.0. The molecule has 0 saturated carbocycles. The Labute approximate surface area is 143 Å². The van der Waals surface area contributed by atoms with E-state index in [1.54, 1.807) is 26.4 Å². The van der Waals surface area contributed by atoms with Gasteiger partial charge in [-0.1, -0.05) is 18.2 Å². The number of nitrogens with one attached hydrogen (secondary N) is 1. The number of ether oxygens (including phenoxy) is 2. The van der Waals surface area contributed by atoms with Crippen molar-refractivity contribution in [3.8, 4) is 11.5 Å². The van der Waals surface area contributed by atoms with E-state index in [-0.39, 0.29) is 4.90 Å². The van der Waals surface area contributed by atoms with Crippen molar-refractivity contribution in [2.24, 2.45) is 0 Å². The van der Waals surface area contributed by atoms with Gasteiger partial charge in [-0.3, -0.25) is 0 Å². The fourth-order valence-electron chi connectivity index (χ4n) is 2.39. The third-order valence-corrected chi connectivity index (χ3v) is 5.20. The van der Waals surface area contributed by atoms with Gasteiger partial charge in [0.05, 0.1) is 19.1 Å². The lowest BCUT2D eigenvalue weighted by atomic mass is 10.1. The molecule has 0 spiro atoms. The summed E-state index contributed by atoms with van der Waals surface area (Å²) in [6.07, 6.45) is 2.49. The summed E-state index contributed by atoms with van der Waals surface area (Å²) >= 11 is 0. The molecule has 2 aromatic rings. The fraction of sp³-hybridized carbons (Fsp3) is 0.333. The first-order valence-electron chi connectivity index (χ1n) is 7.82. The van der Waals surface area contributed by atoms with E-state index >= 15 is 0 Å². The Hall–Kier alpha value is -2.05. The van der Waals surface area contributed by atoms with Gasteiger partial charge in [0.25, 0.3) is 0 Å². The van der Waals surface area contributed by atoms with Crippen molar-refractivity contribution < 1.29 is 17.9 Å². The normalized spacial score (nSPS) is 11.2. The van der Waals surface area contributed by atoms with Crippen LogP contribution in [0, 0.1) is 0 Å². The minimum Gasteiger partial charge on any atom is -0.497 e. The number of sulfonamides is 1. The molecule has 24 heavy (non-hydrogen) atoms. The van der Waals surface area contributed by atoms with Gasteiger partial charge in [-0.15, -0.1) is 0 Å². The summed E-state index contributed by atoms with van der Waals surface area (Å²) in [7, 11) is -0.274. The van der Waals surface area contributed by atoms with Crippen LogP contribution < -0.4 is 14.2 Å². The lowest BCUT2D eigenvalue weighted by molar-refractivity contribution is 0.409. The van der Waals surface area contributed by atoms with Gasteiger partial charge in [0.2, 0.25) is 10.0 Å². The third-order valence-electron chi connectivity index (χ3n) is 3.73. The first-order valence-corrected chi connectivity index (χ1v) is 9.31. The van der Waals surface area contributed by atoms with Crippen LogP contribution >= 0.6 is 0 Å². The summed E-state index contributed by atoms with van der Waals surface area (Å²) in [6, 6.07) is 14.2. The molecule has 6 heteroatoms. The molecule has 0 aliphatic carbocycles. The number of unbranched alkanes of at least 4 members (excludes halogenated alkanes) is 1. The summed E-state index contributed by atoms with van der Waals surface area (Å²) in [5.74, 6) is 1.50. The Morgan fingerprint density at radius 3 is 2.29 bits per heavy atom. The third kappa shape index (κ3) is 4.97. The van der Waals surface area contributed by atoms with Crippen molar-refractivity contribution in [3.63, 3.8) is 0 Å². The molecular formula is C18H23NO4S. The first kappa shape index (κ1) is 18.3. The number of hydrogen-bond donors (Lipinski definition) is 1. The topological polar surface area (TPSA) is 64.6 Å². The van der Waals surface area contributed by atoms with E-state index in [4.69, 9.17) is 9.47 Å². The van der Waals surface area contributed by atoms with Crippen molar-refractivity contribution in [2.45, 2.75) is 24.2 Å². The van der Waals surface area contributed by atoms with Crippen molar-refractivity contribution >= 4 is 10.0 Å². The molecule has 0 aliphatic rings. The average molecular weight is 349 g/mol. The quantitative estimate of drug-likeness (QED) is 0.707. The molecule has 130 valence electrons. The summed E-state index contributed by atoms with van der Waals surface area (Å²) < 4.78 is 37.4. The lowest BCUT2D eigenvalue weighted by Gasteiger charge is -2.09. The van der Waals surface area contributed by atoms with Gasteiger partial charge in [0, 0.05) is 6.54 Å². The van der Waals surface area contributed by atoms with Crippen LogP contribution in [-0.4, -0.2) is 29.2 Å². The van der Waals surface area contributed by atoms with Crippen molar-refractivity contribution in [3.05, 3.63) is 54.1 Å². The van der Waals surface area contributed by atoms with E-state index in [0.29, 0.717) is 12.3 Å². The van der Waals surface area contributed by atoms with Crippen LogP contribution in [0.25, 0.3) is 0 Å². The molecule has 0 heterocycles. The minimum atomic E-state index is -3.47. The van der Waals surface area contributed by atoms with Crippen LogP contribution in [0.15, 0.2) is 53.4 Å². The molecule has 2 rings (SSSR count). The maximum Gasteiger partial charge on any atom is 0.240 e. The minimum absolute atomic E-state index is 0.244. The first-order chi connectivity index (χ1) is 11.6. The molecule has 1 N–H and O–H groups in total. The molecule has 0 radical (unpaired) electrons. The summed E-state index contributed by atoms with van der Waals surface area (Å²) in [5.41, 5.74) is 1.14. The molecule has 2 aromatic carbocycles. The number of hydrogen-bond acceptors (Lipinski definition) is 4. The summed E-state index contributed by atoms with van der Waals surface area (Å²) in [5, 5.41) is 0. The number of rotatable bonds is 9. The van der Waals surface area contributed by atoms with Crippen molar-refractivity contribution in [1.29, 1.82) is 0 Å². The Morgan fingerprint density at radius 2 is 1.62 bits per heavy atom. The van der Waals surface area contributed by atoms with E-state index in [1.807, 2.05) is 24.3 Å². The van der Waals surface area contributed by atoms with Gasteiger partial charge in [-0.2, -0.15) is 0 Å². The highest BCUT2D eigenvalue weighted by atomic mass is 32.2. The molecule has 0 fully saturated rings. The number of aryl methyl sites for hydroxylation is 1. The Morgan fingerprint density at radius 1 is 0.917 bits per heavy atom. The van der Waals surface area contributed by atoms with E-state index < -0.39 is 10.0 Å². The molecule has 0 bridgehead atoms. The number of para-hydroxylation sites is 1. The fourth-order valence-corrected chi connectivity index (χ4v) is 3.47.